The number of nitrogens with zero attached hydrogens (tertiary/aromatic N) is 3. The third kappa shape index (κ3) is 2.84. The second-order valence-electron chi connectivity index (χ2n) is 5.24. The van der Waals surface area contributed by atoms with Crippen molar-refractivity contribution in [1.82, 2.24) is 9.97 Å². The molecule has 1 aliphatic rings. The van der Waals surface area contributed by atoms with Crippen LogP contribution in [0.25, 0.3) is 0 Å². The Morgan fingerprint density at radius 2 is 2.13 bits per heavy atom. The highest BCUT2D eigenvalue weighted by atomic mass is 16.7. The summed E-state index contributed by atoms with van der Waals surface area (Å²) in [5.74, 6) is -1.92. The first-order chi connectivity index (χ1) is 11.0. The lowest BCUT2D eigenvalue weighted by molar-refractivity contribution is -0.211. The number of aliphatic hydroxyl groups is 1. The van der Waals surface area contributed by atoms with Gasteiger partial charge < -0.3 is 15.2 Å². The fourth-order valence-electron chi connectivity index (χ4n) is 2.63. The molecule has 0 radical (unpaired) electrons. The second kappa shape index (κ2) is 5.66. The van der Waals surface area contributed by atoms with Crippen LogP contribution >= 0.6 is 0 Å². The van der Waals surface area contributed by atoms with Gasteiger partial charge in [0.15, 0.2) is 0 Å². The smallest absolute Gasteiger partial charge is 0.305 e. The molecule has 0 amide bonds. The Hall–Kier alpha value is -2.98. The fourth-order valence-corrected chi connectivity index (χ4v) is 2.63. The SMILES string of the molecule is CC(=O)OC1(O)CCc2ncnc(Nc3ccc(C#N)cc3)c21. The van der Waals surface area contributed by atoms with Gasteiger partial charge >= 0.3 is 5.97 Å². The third-order valence-corrected chi connectivity index (χ3v) is 3.61. The lowest BCUT2D eigenvalue weighted by Crippen LogP contribution is -2.29. The molecule has 0 spiro atoms. The van der Waals surface area contributed by atoms with Gasteiger partial charge in [-0.05, 0) is 30.7 Å². The van der Waals surface area contributed by atoms with E-state index in [1.807, 2.05) is 6.07 Å². The topological polar surface area (TPSA) is 108 Å². The van der Waals surface area contributed by atoms with Crippen LogP contribution in [0.15, 0.2) is 30.6 Å². The summed E-state index contributed by atoms with van der Waals surface area (Å²) in [6.07, 6.45) is 2.12. The van der Waals surface area contributed by atoms with Gasteiger partial charge in [0.05, 0.1) is 22.9 Å². The van der Waals surface area contributed by atoms with E-state index in [2.05, 4.69) is 15.3 Å². The number of benzene rings is 1. The summed E-state index contributed by atoms with van der Waals surface area (Å²) in [6.45, 7) is 1.24. The number of ether oxygens (including phenoxy) is 1. The van der Waals surface area contributed by atoms with E-state index in [0.29, 0.717) is 34.7 Å². The van der Waals surface area contributed by atoms with Gasteiger partial charge in [-0.25, -0.2) is 9.97 Å². The Bertz CT molecular complexity index is 798. The molecular formula is C16H14N4O3. The van der Waals surface area contributed by atoms with Crippen LogP contribution in [-0.2, 0) is 21.7 Å². The Morgan fingerprint density at radius 1 is 1.39 bits per heavy atom. The Balaban J connectivity index is 1.96. The van der Waals surface area contributed by atoms with Crippen molar-refractivity contribution in [3.8, 4) is 6.07 Å². The number of anilines is 2. The number of hydrogen-bond acceptors (Lipinski definition) is 7. The van der Waals surface area contributed by atoms with E-state index in [0.717, 1.165) is 0 Å². The molecule has 2 aromatic rings. The standard InChI is InChI=1S/C16H14N4O3/c1-10(21)23-16(22)7-6-13-14(16)15(19-9-18-13)20-12-4-2-11(8-17)3-5-12/h2-5,9,22H,6-7H2,1H3,(H,18,19,20). The zero-order valence-corrected chi connectivity index (χ0v) is 12.4. The van der Waals surface area contributed by atoms with Crippen LogP contribution in [0.4, 0.5) is 11.5 Å². The Labute approximate surface area is 132 Å². The summed E-state index contributed by atoms with van der Waals surface area (Å²) in [6, 6.07) is 8.84. The van der Waals surface area contributed by atoms with Crippen LogP contribution in [0.2, 0.25) is 0 Å². The third-order valence-electron chi connectivity index (χ3n) is 3.61. The number of rotatable bonds is 3. The molecule has 0 saturated heterocycles. The molecule has 2 N–H and O–H groups in total. The first kappa shape index (κ1) is 14.9. The molecule has 1 unspecified atom stereocenters. The van der Waals surface area contributed by atoms with E-state index in [1.165, 1.54) is 13.3 Å². The predicted molar refractivity (Wildman–Crippen MR) is 80.5 cm³/mol. The lowest BCUT2D eigenvalue weighted by Gasteiger charge is -2.24. The number of aryl methyl sites for hydroxylation is 1. The van der Waals surface area contributed by atoms with Crippen molar-refractivity contribution in [2.24, 2.45) is 0 Å². The molecule has 23 heavy (non-hydrogen) atoms. The van der Waals surface area contributed by atoms with Gasteiger partial charge in [0.2, 0.25) is 5.79 Å². The molecule has 1 atom stereocenters. The molecule has 0 saturated carbocycles. The molecule has 1 aliphatic carbocycles. The van der Waals surface area contributed by atoms with Crippen molar-refractivity contribution in [1.29, 1.82) is 5.26 Å². The zero-order valence-electron chi connectivity index (χ0n) is 12.4. The maximum atomic E-state index is 11.3. The molecule has 1 aromatic heterocycles. The minimum atomic E-state index is -1.72. The summed E-state index contributed by atoms with van der Waals surface area (Å²) in [4.78, 5) is 19.6. The molecule has 116 valence electrons. The zero-order chi connectivity index (χ0) is 16.4. The van der Waals surface area contributed by atoms with Crippen LogP contribution in [0.1, 0.15) is 30.2 Å². The molecule has 1 aromatic carbocycles. The van der Waals surface area contributed by atoms with Crippen molar-refractivity contribution < 1.29 is 14.6 Å². The Morgan fingerprint density at radius 3 is 2.78 bits per heavy atom. The first-order valence-electron chi connectivity index (χ1n) is 7.05. The molecule has 0 aliphatic heterocycles. The number of esters is 1. The van der Waals surface area contributed by atoms with Gasteiger partial charge in [-0.15, -0.1) is 0 Å². The molecule has 7 nitrogen and oxygen atoms in total. The average Bonchev–Trinajstić information content (AvgIpc) is 2.85. The van der Waals surface area contributed by atoms with E-state index >= 15 is 0 Å². The van der Waals surface area contributed by atoms with Crippen molar-refractivity contribution in [3.63, 3.8) is 0 Å². The summed E-state index contributed by atoms with van der Waals surface area (Å²) in [5, 5.41) is 22.5. The first-order valence-corrected chi connectivity index (χ1v) is 7.05. The van der Waals surface area contributed by atoms with E-state index in [1.54, 1.807) is 24.3 Å². The minimum absolute atomic E-state index is 0.239. The largest absolute Gasteiger partial charge is 0.429 e. The second-order valence-corrected chi connectivity index (χ2v) is 5.24. The molecular weight excluding hydrogens is 296 g/mol. The van der Waals surface area contributed by atoms with E-state index < -0.39 is 11.8 Å². The average molecular weight is 310 g/mol. The van der Waals surface area contributed by atoms with Gasteiger partial charge in [-0.3, -0.25) is 4.79 Å². The van der Waals surface area contributed by atoms with Gasteiger partial charge in [0.1, 0.15) is 12.1 Å². The van der Waals surface area contributed by atoms with Crippen molar-refractivity contribution in [2.45, 2.75) is 25.6 Å². The van der Waals surface area contributed by atoms with Crippen molar-refractivity contribution >= 4 is 17.5 Å². The molecule has 3 rings (SSSR count). The van der Waals surface area contributed by atoms with E-state index in [4.69, 9.17) is 10.00 Å². The summed E-state index contributed by atoms with van der Waals surface area (Å²) < 4.78 is 5.09. The quantitative estimate of drug-likeness (QED) is 0.656. The van der Waals surface area contributed by atoms with Crippen LogP contribution in [-0.4, -0.2) is 21.0 Å². The van der Waals surface area contributed by atoms with Crippen molar-refractivity contribution in [3.05, 3.63) is 47.4 Å². The number of carbonyl (C=O) groups excluding carboxylic acids is 1. The number of nitriles is 1. The predicted octanol–water partition coefficient (Wildman–Crippen LogP) is 1.75. The van der Waals surface area contributed by atoms with Crippen molar-refractivity contribution in [2.75, 3.05) is 5.32 Å². The maximum Gasteiger partial charge on any atom is 0.305 e. The molecule has 0 fully saturated rings. The number of nitrogens with one attached hydrogen (secondary N) is 1. The number of aromatic nitrogens is 2. The Kier molecular flexibility index (Phi) is 3.68. The van der Waals surface area contributed by atoms with Crippen LogP contribution < -0.4 is 5.32 Å². The van der Waals surface area contributed by atoms with Gasteiger partial charge in [-0.2, -0.15) is 5.26 Å². The van der Waals surface area contributed by atoms with Gasteiger partial charge in [0.25, 0.3) is 0 Å². The highest BCUT2D eigenvalue weighted by molar-refractivity contribution is 5.68. The molecule has 0 bridgehead atoms. The van der Waals surface area contributed by atoms with E-state index in [-0.39, 0.29) is 6.42 Å². The fraction of sp³-hybridized carbons (Fsp3) is 0.250. The van der Waals surface area contributed by atoms with Crippen LogP contribution in [0.3, 0.4) is 0 Å². The molecule has 1 heterocycles. The maximum absolute atomic E-state index is 11.3. The number of carbonyl (C=O) groups is 1. The highest BCUT2D eigenvalue weighted by Gasteiger charge is 2.43. The molecule has 7 heteroatoms. The summed E-state index contributed by atoms with van der Waals surface area (Å²) in [7, 11) is 0. The van der Waals surface area contributed by atoms with E-state index in [9.17, 15) is 9.90 Å². The number of hydrogen-bond donors (Lipinski definition) is 2. The lowest BCUT2D eigenvalue weighted by atomic mass is 10.1. The summed E-state index contributed by atoms with van der Waals surface area (Å²) >= 11 is 0. The normalized spacial score (nSPS) is 18.8. The van der Waals surface area contributed by atoms with Crippen LogP contribution in [0, 0.1) is 11.3 Å². The van der Waals surface area contributed by atoms with Gasteiger partial charge in [0, 0.05) is 19.0 Å². The summed E-state index contributed by atoms with van der Waals surface area (Å²) in [5.41, 5.74) is 2.25. The van der Waals surface area contributed by atoms with Gasteiger partial charge in [-0.1, -0.05) is 0 Å². The van der Waals surface area contributed by atoms with Crippen LogP contribution in [0.5, 0.6) is 0 Å². The highest BCUT2D eigenvalue weighted by Crippen LogP contribution is 2.41. The number of fused-ring (bicyclic) bond motifs is 1. The minimum Gasteiger partial charge on any atom is -0.429 e. The monoisotopic (exact) mass is 310 g/mol.